The SMILES string of the molecule is Cc1nc(CCO)c2cc(C3CCC(C)(C)CC3)sc2n1. The lowest BCUT2D eigenvalue weighted by Gasteiger charge is -2.33. The number of nitrogens with zero attached hydrogens (tertiary/aromatic N) is 2. The van der Waals surface area contributed by atoms with Crippen LogP contribution in [0.15, 0.2) is 6.07 Å². The van der Waals surface area contributed by atoms with Crippen molar-refractivity contribution in [2.24, 2.45) is 5.41 Å². The predicted octanol–water partition coefficient (Wildman–Crippen LogP) is 4.22. The van der Waals surface area contributed by atoms with Gasteiger partial charge >= 0.3 is 0 Å². The maximum absolute atomic E-state index is 9.23. The molecule has 0 bridgehead atoms. The van der Waals surface area contributed by atoms with Crippen LogP contribution < -0.4 is 0 Å². The highest BCUT2D eigenvalue weighted by Crippen LogP contribution is 2.45. The molecule has 2 aromatic rings. The van der Waals surface area contributed by atoms with Crippen molar-refractivity contribution in [3.63, 3.8) is 0 Å². The second kappa shape index (κ2) is 5.65. The number of aliphatic hydroxyl groups is 1. The van der Waals surface area contributed by atoms with E-state index in [1.165, 1.54) is 30.6 Å². The van der Waals surface area contributed by atoms with E-state index in [-0.39, 0.29) is 6.61 Å². The van der Waals surface area contributed by atoms with Gasteiger partial charge in [-0.05, 0) is 50.0 Å². The Morgan fingerprint density at radius 3 is 2.67 bits per heavy atom. The second-order valence-electron chi connectivity index (χ2n) is 7.00. The van der Waals surface area contributed by atoms with E-state index in [0.29, 0.717) is 17.8 Å². The van der Waals surface area contributed by atoms with Crippen molar-refractivity contribution in [3.8, 4) is 0 Å². The summed E-state index contributed by atoms with van der Waals surface area (Å²) in [6.45, 7) is 6.84. The van der Waals surface area contributed by atoms with Crippen LogP contribution >= 0.6 is 11.3 Å². The first-order chi connectivity index (χ1) is 9.98. The number of aliphatic hydroxyl groups excluding tert-OH is 1. The number of aromatic nitrogens is 2. The quantitative estimate of drug-likeness (QED) is 0.923. The molecule has 114 valence electrons. The zero-order valence-electron chi connectivity index (χ0n) is 13.1. The molecule has 0 unspecified atom stereocenters. The first-order valence-corrected chi connectivity index (χ1v) is 8.68. The molecule has 0 aliphatic heterocycles. The smallest absolute Gasteiger partial charge is 0.127 e. The average molecular weight is 304 g/mol. The Balaban J connectivity index is 1.92. The van der Waals surface area contributed by atoms with Crippen molar-refractivity contribution in [1.29, 1.82) is 0 Å². The lowest BCUT2D eigenvalue weighted by molar-refractivity contribution is 0.226. The summed E-state index contributed by atoms with van der Waals surface area (Å²) in [6, 6.07) is 2.29. The Bertz CT molecular complexity index is 638. The number of fused-ring (bicyclic) bond motifs is 1. The van der Waals surface area contributed by atoms with E-state index in [1.807, 2.05) is 18.3 Å². The van der Waals surface area contributed by atoms with Gasteiger partial charge in [-0.3, -0.25) is 0 Å². The summed E-state index contributed by atoms with van der Waals surface area (Å²) < 4.78 is 0. The van der Waals surface area contributed by atoms with E-state index in [9.17, 15) is 5.11 Å². The molecule has 0 amide bonds. The maximum atomic E-state index is 9.23. The summed E-state index contributed by atoms with van der Waals surface area (Å²) in [4.78, 5) is 11.6. The summed E-state index contributed by atoms with van der Waals surface area (Å²) in [6.07, 6.45) is 5.79. The Kier molecular flexibility index (Phi) is 4.02. The number of hydrogen-bond acceptors (Lipinski definition) is 4. The van der Waals surface area contributed by atoms with Crippen molar-refractivity contribution >= 4 is 21.6 Å². The number of thiophene rings is 1. The van der Waals surface area contributed by atoms with Crippen LogP contribution in [-0.2, 0) is 6.42 Å². The van der Waals surface area contributed by atoms with Gasteiger partial charge in [0.05, 0.1) is 5.69 Å². The van der Waals surface area contributed by atoms with Crippen LogP contribution in [0.2, 0.25) is 0 Å². The molecule has 0 spiro atoms. The largest absolute Gasteiger partial charge is 0.396 e. The van der Waals surface area contributed by atoms with Crippen molar-refractivity contribution in [1.82, 2.24) is 9.97 Å². The van der Waals surface area contributed by atoms with Crippen molar-refractivity contribution < 1.29 is 5.11 Å². The minimum Gasteiger partial charge on any atom is -0.396 e. The molecule has 2 aromatic heterocycles. The molecular formula is C17H24N2OS. The monoisotopic (exact) mass is 304 g/mol. The Morgan fingerprint density at radius 1 is 1.29 bits per heavy atom. The van der Waals surface area contributed by atoms with E-state index in [1.54, 1.807) is 0 Å². The molecule has 21 heavy (non-hydrogen) atoms. The fourth-order valence-corrected chi connectivity index (χ4v) is 4.57. The van der Waals surface area contributed by atoms with E-state index < -0.39 is 0 Å². The van der Waals surface area contributed by atoms with E-state index >= 15 is 0 Å². The lowest BCUT2D eigenvalue weighted by atomic mass is 9.73. The molecule has 0 atom stereocenters. The molecule has 3 rings (SSSR count). The number of hydrogen-bond donors (Lipinski definition) is 1. The summed E-state index contributed by atoms with van der Waals surface area (Å²) in [7, 11) is 0. The highest BCUT2D eigenvalue weighted by atomic mass is 32.1. The third kappa shape index (κ3) is 3.11. The minimum absolute atomic E-state index is 0.147. The molecule has 1 aliphatic rings. The Hall–Kier alpha value is -1.00. The zero-order chi connectivity index (χ0) is 15.0. The van der Waals surface area contributed by atoms with Crippen molar-refractivity contribution in [3.05, 3.63) is 22.5 Å². The van der Waals surface area contributed by atoms with Gasteiger partial charge in [0.15, 0.2) is 0 Å². The highest BCUT2D eigenvalue weighted by molar-refractivity contribution is 7.18. The molecular weight excluding hydrogens is 280 g/mol. The van der Waals surface area contributed by atoms with Crippen LogP contribution in [-0.4, -0.2) is 21.7 Å². The van der Waals surface area contributed by atoms with Crippen molar-refractivity contribution in [2.45, 2.75) is 58.8 Å². The van der Waals surface area contributed by atoms with Gasteiger partial charge in [-0.1, -0.05) is 13.8 Å². The molecule has 0 radical (unpaired) electrons. The number of rotatable bonds is 3. The first-order valence-electron chi connectivity index (χ1n) is 7.86. The van der Waals surface area contributed by atoms with Crippen LogP contribution in [0.5, 0.6) is 0 Å². The van der Waals surface area contributed by atoms with Crippen LogP contribution in [0.25, 0.3) is 10.2 Å². The number of aryl methyl sites for hydroxylation is 1. The molecule has 3 nitrogen and oxygen atoms in total. The molecule has 1 aliphatic carbocycles. The zero-order valence-corrected chi connectivity index (χ0v) is 14.0. The van der Waals surface area contributed by atoms with Crippen LogP contribution in [0.4, 0.5) is 0 Å². The Labute approximate surface area is 130 Å². The molecule has 0 aromatic carbocycles. The van der Waals surface area contributed by atoms with Crippen LogP contribution in [0, 0.1) is 12.3 Å². The lowest BCUT2D eigenvalue weighted by Crippen LogP contribution is -2.19. The van der Waals surface area contributed by atoms with E-state index in [4.69, 9.17) is 0 Å². The molecule has 1 saturated carbocycles. The average Bonchev–Trinajstić information content (AvgIpc) is 2.82. The van der Waals surface area contributed by atoms with E-state index in [0.717, 1.165) is 21.7 Å². The van der Waals surface area contributed by atoms with Crippen LogP contribution in [0.1, 0.15) is 61.8 Å². The first kappa shape index (κ1) is 14.9. The van der Waals surface area contributed by atoms with Gasteiger partial charge in [0, 0.05) is 23.3 Å². The van der Waals surface area contributed by atoms with Gasteiger partial charge < -0.3 is 5.11 Å². The topological polar surface area (TPSA) is 46.0 Å². The highest BCUT2D eigenvalue weighted by Gasteiger charge is 2.28. The summed E-state index contributed by atoms with van der Waals surface area (Å²) in [5.41, 5.74) is 1.50. The predicted molar refractivity (Wildman–Crippen MR) is 87.9 cm³/mol. The molecule has 2 heterocycles. The third-order valence-electron chi connectivity index (χ3n) is 4.69. The molecule has 1 fully saturated rings. The fraction of sp³-hybridized carbons (Fsp3) is 0.647. The van der Waals surface area contributed by atoms with Gasteiger partial charge in [0.2, 0.25) is 0 Å². The van der Waals surface area contributed by atoms with Crippen LogP contribution in [0.3, 0.4) is 0 Å². The standard InChI is InChI=1S/C17H24N2OS/c1-11-18-14(6-9-20)13-10-15(21-16(13)19-11)12-4-7-17(2,3)8-5-12/h10,12,20H,4-9H2,1-3H3. The third-order valence-corrected chi connectivity index (χ3v) is 5.88. The van der Waals surface area contributed by atoms with Gasteiger partial charge in [0.1, 0.15) is 10.7 Å². The molecule has 0 saturated heterocycles. The Morgan fingerprint density at radius 2 is 2.00 bits per heavy atom. The normalized spacial score (nSPS) is 19.2. The summed E-state index contributed by atoms with van der Waals surface area (Å²) >= 11 is 1.83. The second-order valence-corrected chi connectivity index (χ2v) is 8.06. The van der Waals surface area contributed by atoms with Crippen molar-refractivity contribution in [2.75, 3.05) is 6.61 Å². The maximum Gasteiger partial charge on any atom is 0.127 e. The van der Waals surface area contributed by atoms with Gasteiger partial charge in [0.25, 0.3) is 0 Å². The molecule has 1 N–H and O–H groups in total. The molecule has 4 heteroatoms. The van der Waals surface area contributed by atoms with Gasteiger partial charge in [-0.2, -0.15) is 0 Å². The van der Waals surface area contributed by atoms with Gasteiger partial charge in [-0.15, -0.1) is 11.3 Å². The summed E-state index contributed by atoms with van der Waals surface area (Å²) in [5, 5.41) is 10.4. The minimum atomic E-state index is 0.147. The fourth-order valence-electron chi connectivity index (χ4n) is 3.30. The summed E-state index contributed by atoms with van der Waals surface area (Å²) in [5.74, 6) is 1.49. The van der Waals surface area contributed by atoms with E-state index in [2.05, 4.69) is 29.9 Å². The van der Waals surface area contributed by atoms with Gasteiger partial charge in [-0.25, -0.2) is 9.97 Å².